The molecule has 7 nitrogen and oxygen atoms in total. The monoisotopic (exact) mass is 463 g/mol. The molecule has 164 valence electrons. The minimum atomic E-state index is -4.00. The van der Waals surface area contributed by atoms with E-state index in [1.807, 2.05) is 6.92 Å². The number of halogens is 1. The number of carbonyl (C=O) groups is 2. The number of nitrogens with one attached hydrogen (secondary N) is 1. The van der Waals surface area contributed by atoms with Crippen LogP contribution in [0.3, 0.4) is 0 Å². The van der Waals surface area contributed by atoms with Crippen LogP contribution in [-0.2, 0) is 26.0 Å². The summed E-state index contributed by atoms with van der Waals surface area (Å²) < 4.78 is 42.3. The largest absolute Gasteiger partial charge is 0.326 e. The number of sulfonamides is 1. The second-order valence-electron chi connectivity index (χ2n) is 6.79. The van der Waals surface area contributed by atoms with Gasteiger partial charge in [0.1, 0.15) is 11.1 Å². The Bertz CT molecular complexity index is 1100. The molecule has 1 heterocycles. The fourth-order valence-electron chi connectivity index (χ4n) is 2.97. The second kappa shape index (κ2) is 9.61. The van der Waals surface area contributed by atoms with Crippen LogP contribution in [0.25, 0.3) is 0 Å². The van der Waals surface area contributed by atoms with Gasteiger partial charge in [-0.2, -0.15) is 8.42 Å². The number of amidine groups is 1. The van der Waals surface area contributed by atoms with Crippen molar-refractivity contribution in [3.8, 4) is 0 Å². The number of aryl methyl sites for hydroxylation is 1. The van der Waals surface area contributed by atoms with E-state index in [0.29, 0.717) is 5.69 Å². The molecule has 1 unspecified atom stereocenters. The number of thioether (sulfide) groups is 1. The highest BCUT2D eigenvalue weighted by atomic mass is 32.2. The predicted molar refractivity (Wildman–Crippen MR) is 119 cm³/mol. The van der Waals surface area contributed by atoms with Crippen LogP contribution in [0.1, 0.15) is 25.8 Å². The van der Waals surface area contributed by atoms with Crippen molar-refractivity contribution in [2.45, 2.75) is 36.8 Å². The van der Waals surface area contributed by atoms with Gasteiger partial charge in [0, 0.05) is 18.7 Å². The average molecular weight is 464 g/mol. The smallest absolute Gasteiger partial charge is 0.284 e. The lowest BCUT2D eigenvalue weighted by atomic mass is 10.2. The highest BCUT2D eigenvalue weighted by Gasteiger charge is 2.39. The maximum absolute atomic E-state index is 13.0. The maximum Gasteiger partial charge on any atom is 0.284 e. The van der Waals surface area contributed by atoms with Crippen molar-refractivity contribution in [2.75, 3.05) is 11.9 Å². The molecule has 1 aliphatic rings. The molecule has 2 amide bonds. The van der Waals surface area contributed by atoms with E-state index in [4.69, 9.17) is 0 Å². The minimum absolute atomic E-state index is 0.0406. The summed E-state index contributed by atoms with van der Waals surface area (Å²) in [5.74, 6) is -1.24. The van der Waals surface area contributed by atoms with Gasteiger partial charge >= 0.3 is 0 Å². The Morgan fingerprint density at radius 1 is 1.13 bits per heavy atom. The van der Waals surface area contributed by atoms with Gasteiger partial charge in [-0.25, -0.2) is 4.39 Å². The Balaban J connectivity index is 1.75. The first-order valence-electron chi connectivity index (χ1n) is 9.71. The normalized spacial score (nSPS) is 17.9. The molecule has 0 bridgehead atoms. The summed E-state index contributed by atoms with van der Waals surface area (Å²) in [6, 6.07) is 11.7. The lowest BCUT2D eigenvalue weighted by Crippen LogP contribution is -2.33. The number of amides is 2. The summed E-state index contributed by atoms with van der Waals surface area (Å²) in [6.07, 6.45) is 0.617. The summed E-state index contributed by atoms with van der Waals surface area (Å²) in [5.41, 5.74) is 1.40. The van der Waals surface area contributed by atoms with Crippen LogP contribution >= 0.6 is 11.8 Å². The summed E-state index contributed by atoms with van der Waals surface area (Å²) >= 11 is 0.948. The third-order valence-electron chi connectivity index (χ3n) is 4.66. The van der Waals surface area contributed by atoms with Gasteiger partial charge < -0.3 is 5.32 Å². The van der Waals surface area contributed by atoms with E-state index >= 15 is 0 Å². The third kappa shape index (κ3) is 5.50. The molecule has 0 aromatic heterocycles. The summed E-state index contributed by atoms with van der Waals surface area (Å²) in [5, 5.41) is 1.85. The molecule has 0 spiro atoms. The molecule has 2 aromatic rings. The first kappa shape index (κ1) is 23.0. The van der Waals surface area contributed by atoms with Crippen LogP contribution in [0.2, 0.25) is 0 Å². The fraction of sp³-hybridized carbons (Fsp3) is 0.286. The van der Waals surface area contributed by atoms with Crippen molar-refractivity contribution >= 4 is 44.5 Å². The molecule has 0 aliphatic carbocycles. The van der Waals surface area contributed by atoms with E-state index < -0.39 is 27.0 Å². The van der Waals surface area contributed by atoms with Crippen molar-refractivity contribution in [2.24, 2.45) is 4.40 Å². The van der Waals surface area contributed by atoms with Crippen molar-refractivity contribution in [3.05, 3.63) is 59.9 Å². The van der Waals surface area contributed by atoms with Gasteiger partial charge in [0.25, 0.3) is 10.0 Å². The van der Waals surface area contributed by atoms with E-state index in [0.717, 1.165) is 23.7 Å². The quantitative estimate of drug-likeness (QED) is 0.679. The number of anilines is 1. The molecule has 1 saturated heterocycles. The van der Waals surface area contributed by atoms with Crippen LogP contribution in [0.4, 0.5) is 10.1 Å². The second-order valence-corrected chi connectivity index (χ2v) is 9.57. The molecule has 10 heteroatoms. The van der Waals surface area contributed by atoms with E-state index in [2.05, 4.69) is 9.71 Å². The van der Waals surface area contributed by atoms with Crippen LogP contribution in [0.5, 0.6) is 0 Å². The minimum Gasteiger partial charge on any atom is -0.326 e. The molecule has 1 atom stereocenters. The standard InChI is InChI=1S/C21H22FN3O4S2/c1-3-14-5-11-17(12-6-14)31(28,29)24-21-25(4-2)20(27)18(30-21)13-19(26)23-16-9-7-15(22)8-10-16/h5-12,18H,3-4,13H2,1-2H3,(H,23,26)/b24-21+. The van der Waals surface area contributed by atoms with Gasteiger partial charge in [-0.05, 0) is 55.3 Å². The number of rotatable bonds is 7. The first-order valence-corrected chi connectivity index (χ1v) is 12.0. The Kier molecular flexibility index (Phi) is 7.11. The van der Waals surface area contributed by atoms with E-state index in [-0.39, 0.29) is 28.9 Å². The molecule has 2 aromatic carbocycles. The third-order valence-corrected chi connectivity index (χ3v) is 7.23. The first-order chi connectivity index (χ1) is 14.7. The highest BCUT2D eigenvalue weighted by Crippen LogP contribution is 2.31. The van der Waals surface area contributed by atoms with Crippen molar-refractivity contribution in [1.29, 1.82) is 0 Å². The number of carbonyl (C=O) groups excluding carboxylic acids is 2. The van der Waals surface area contributed by atoms with Crippen molar-refractivity contribution < 1.29 is 22.4 Å². The number of benzene rings is 2. The zero-order chi connectivity index (χ0) is 22.6. The maximum atomic E-state index is 13.0. The van der Waals surface area contributed by atoms with Crippen LogP contribution in [0.15, 0.2) is 57.8 Å². The molecular formula is C21H22FN3O4S2. The zero-order valence-electron chi connectivity index (χ0n) is 17.0. The predicted octanol–water partition coefficient (Wildman–Crippen LogP) is 3.43. The Hall–Kier alpha value is -2.72. The summed E-state index contributed by atoms with van der Waals surface area (Å²) in [4.78, 5) is 26.3. The molecule has 0 saturated carbocycles. The summed E-state index contributed by atoms with van der Waals surface area (Å²) in [7, 11) is -4.00. The molecule has 1 N–H and O–H groups in total. The van der Waals surface area contributed by atoms with Crippen LogP contribution < -0.4 is 5.32 Å². The van der Waals surface area contributed by atoms with Crippen molar-refractivity contribution in [3.63, 3.8) is 0 Å². The Morgan fingerprint density at radius 2 is 1.77 bits per heavy atom. The van der Waals surface area contributed by atoms with E-state index in [1.54, 1.807) is 19.1 Å². The molecule has 31 heavy (non-hydrogen) atoms. The van der Waals surface area contributed by atoms with Crippen molar-refractivity contribution in [1.82, 2.24) is 4.90 Å². The van der Waals surface area contributed by atoms with Crippen LogP contribution in [-0.4, -0.2) is 42.1 Å². The van der Waals surface area contributed by atoms with Gasteiger partial charge in [0.15, 0.2) is 5.17 Å². The lowest BCUT2D eigenvalue weighted by molar-refractivity contribution is -0.128. The number of hydrogen-bond donors (Lipinski definition) is 1. The highest BCUT2D eigenvalue weighted by molar-refractivity contribution is 8.16. The van der Waals surface area contributed by atoms with E-state index in [1.165, 1.54) is 41.3 Å². The molecule has 1 aliphatic heterocycles. The van der Waals surface area contributed by atoms with Gasteiger partial charge in [0.05, 0.1) is 4.90 Å². The SMILES string of the molecule is CCc1ccc(S(=O)(=O)/N=C2/SC(CC(=O)Nc3ccc(F)cc3)C(=O)N2CC)cc1. The van der Waals surface area contributed by atoms with Gasteiger partial charge in [-0.1, -0.05) is 30.8 Å². The van der Waals surface area contributed by atoms with Gasteiger partial charge in [-0.3, -0.25) is 14.5 Å². The zero-order valence-corrected chi connectivity index (χ0v) is 18.7. The van der Waals surface area contributed by atoms with Gasteiger partial charge in [0.2, 0.25) is 11.8 Å². The number of nitrogens with zero attached hydrogens (tertiary/aromatic N) is 2. The average Bonchev–Trinajstić information content (AvgIpc) is 3.02. The van der Waals surface area contributed by atoms with Gasteiger partial charge in [-0.15, -0.1) is 4.40 Å². The molecule has 1 fully saturated rings. The van der Waals surface area contributed by atoms with E-state index in [9.17, 15) is 22.4 Å². The number of hydrogen-bond acceptors (Lipinski definition) is 5. The van der Waals surface area contributed by atoms with Crippen LogP contribution in [0, 0.1) is 5.82 Å². The Morgan fingerprint density at radius 3 is 2.35 bits per heavy atom. The summed E-state index contributed by atoms with van der Waals surface area (Å²) in [6.45, 7) is 3.90. The fourth-order valence-corrected chi connectivity index (χ4v) is 5.39. The molecule has 3 rings (SSSR count). The lowest BCUT2D eigenvalue weighted by Gasteiger charge is -2.13. The Labute approximate surface area is 184 Å². The molecule has 0 radical (unpaired) electrons. The molecular weight excluding hydrogens is 441 g/mol. The topological polar surface area (TPSA) is 95.9 Å².